The van der Waals surface area contributed by atoms with E-state index in [4.69, 9.17) is 10.3 Å². The SMILES string of the molecule is Cc1cccc(-c2nc(C(C)CN)no2)c1C. The maximum atomic E-state index is 5.58. The Bertz CT molecular complexity index is 519. The Labute approximate surface area is 101 Å². The second kappa shape index (κ2) is 4.67. The fraction of sp³-hybridized carbons (Fsp3) is 0.385. The van der Waals surface area contributed by atoms with E-state index in [2.05, 4.69) is 30.1 Å². The van der Waals surface area contributed by atoms with Crippen LogP contribution in [0.2, 0.25) is 0 Å². The number of nitrogens with zero attached hydrogens (tertiary/aromatic N) is 2. The number of aryl methyl sites for hydroxylation is 1. The van der Waals surface area contributed by atoms with Crippen molar-refractivity contribution in [2.75, 3.05) is 6.54 Å². The Morgan fingerprint density at radius 1 is 1.35 bits per heavy atom. The second-order valence-corrected chi connectivity index (χ2v) is 4.34. The van der Waals surface area contributed by atoms with E-state index in [0.717, 1.165) is 5.56 Å². The lowest BCUT2D eigenvalue weighted by molar-refractivity contribution is 0.417. The van der Waals surface area contributed by atoms with Gasteiger partial charge >= 0.3 is 0 Å². The molecule has 2 rings (SSSR count). The zero-order chi connectivity index (χ0) is 12.4. The summed E-state index contributed by atoms with van der Waals surface area (Å²) in [7, 11) is 0. The van der Waals surface area contributed by atoms with Crippen molar-refractivity contribution >= 4 is 0 Å². The van der Waals surface area contributed by atoms with Gasteiger partial charge in [0.05, 0.1) is 0 Å². The highest BCUT2D eigenvalue weighted by atomic mass is 16.5. The molecule has 0 bridgehead atoms. The van der Waals surface area contributed by atoms with E-state index >= 15 is 0 Å². The molecule has 90 valence electrons. The second-order valence-electron chi connectivity index (χ2n) is 4.34. The van der Waals surface area contributed by atoms with E-state index in [0.29, 0.717) is 18.3 Å². The zero-order valence-electron chi connectivity index (χ0n) is 10.4. The van der Waals surface area contributed by atoms with Gasteiger partial charge in [-0.1, -0.05) is 24.2 Å². The van der Waals surface area contributed by atoms with Gasteiger partial charge in [0.15, 0.2) is 5.82 Å². The van der Waals surface area contributed by atoms with E-state index in [1.54, 1.807) is 0 Å². The number of nitrogens with two attached hydrogens (primary N) is 1. The maximum Gasteiger partial charge on any atom is 0.258 e. The minimum Gasteiger partial charge on any atom is -0.334 e. The Kier molecular flexibility index (Phi) is 3.24. The van der Waals surface area contributed by atoms with Gasteiger partial charge in [0, 0.05) is 18.0 Å². The van der Waals surface area contributed by atoms with Crippen LogP contribution in [0, 0.1) is 13.8 Å². The van der Waals surface area contributed by atoms with Crippen LogP contribution in [0.15, 0.2) is 22.7 Å². The summed E-state index contributed by atoms with van der Waals surface area (Å²) in [5, 5.41) is 3.97. The summed E-state index contributed by atoms with van der Waals surface area (Å²) >= 11 is 0. The van der Waals surface area contributed by atoms with Crippen LogP contribution in [0.4, 0.5) is 0 Å². The van der Waals surface area contributed by atoms with Crippen LogP contribution >= 0.6 is 0 Å². The fourth-order valence-corrected chi connectivity index (χ4v) is 1.63. The van der Waals surface area contributed by atoms with Crippen molar-refractivity contribution in [3.8, 4) is 11.5 Å². The molecule has 4 heteroatoms. The largest absolute Gasteiger partial charge is 0.334 e. The third kappa shape index (κ3) is 2.22. The standard InChI is InChI=1S/C13H17N3O/c1-8-5-4-6-11(10(8)3)13-15-12(16-17-13)9(2)7-14/h4-6,9H,7,14H2,1-3H3. The van der Waals surface area contributed by atoms with Crippen LogP contribution in [-0.2, 0) is 0 Å². The van der Waals surface area contributed by atoms with Crippen molar-refractivity contribution in [2.24, 2.45) is 5.73 Å². The fourth-order valence-electron chi connectivity index (χ4n) is 1.63. The van der Waals surface area contributed by atoms with Gasteiger partial charge in [-0.2, -0.15) is 4.98 Å². The lowest BCUT2D eigenvalue weighted by atomic mass is 10.0. The number of rotatable bonds is 3. The van der Waals surface area contributed by atoms with Gasteiger partial charge in [0.1, 0.15) is 0 Å². The normalized spacial score (nSPS) is 12.7. The zero-order valence-corrected chi connectivity index (χ0v) is 10.4. The molecule has 0 fully saturated rings. The average Bonchev–Trinajstić information content (AvgIpc) is 2.81. The minimum absolute atomic E-state index is 0.123. The molecule has 0 aliphatic carbocycles. The molecule has 1 unspecified atom stereocenters. The molecule has 17 heavy (non-hydrogen) atoms. The Balaban J connectivity index is 2.40. The van der Waals surface area contributed by atoms with Crippen molar-refractivity contribution in [1.82, 2.24) is 10.1 Å². The topological polar surface area (TPSA) is 64.9 Å². The molecule has 1 atom stereocenters. The summed E-state index contributed by atoms with van der Waals surface area (Å²) in [5.41, 5.74) is 8.96. The molecule has 0 saturated heterocycles. The molecule has 2 N–H and O–H groups in total. The molecule has 1 aromatic heterocycles. The number of hydrogen-bond acceptors (Lipinski definition) is 4. The average molecular weight is 231 g/mol. The lowest BCUT2D eigenvalue weighted by Gasteiger charge is -2.03. The van der Waals surface area contributed by atoms with Crippen LogP contribution < -0.4 is 5.73 Å². The molecule has 0 amide bonds. The van der Waals surface area contributed by atoms with Crippen LogP contribution in [0.25, 0.3) is 11.5 Å². The van der Waals surface area contributed by atoms with Crippen molar-refractivity contribution < 1.29 is 4.52 Å². The summed E-state index contributed by atoms with van der Waals surface area (Å²) < 4.78 is 5.29. The molecular formula is C13H17N3O. The van der Waals surface area contributed by atoms with E-state index in [1.165, 1.54) is 11.1 Å². The van der Waals surface area contributed by atoms with Crippen LogP contribution in [0.1, 0.15) is 29.8 Å². The maximum absolute atomic E-state index is 5.58. The quantitative estimate of drug-likeness (QED) is 0.881. The van der Waals surface area contributed by atoms with Crippen molar-refractivity contribution in [3.63, 3.8) is 0 Å². The summed E-state index contributed by atoms with van der Waals surface area (Å²) in [5.74, 6) is 1.36. The number of aromatic nitrogens is 2. The van der Waals surface area contributed by atoms with Gasteiger partial charge in [-0.25, -0.2) is 0 Å². The van der Waals surface area contributed by atoms with Gasteiger partial charge in [0.2, 0.25) is 0 Å². The highest BCUT2D eigenvalue weighted by Gasteiger charge is 2.15. The molecule has 0 spiro atoms. The van der Waals surface area contributed by atoms with Crippen molar-refractivity contribution in [3.05, 3.63) is 35.2 Å². The highest BCUT2D eigenvalue weighted by Crippen LogP contribution is 2.24. The summed E-state index contributed by atoms with van der Waals surface area (Å²) in [6.45, 7) is 6.63. The molecule has 0 saturated carbocycles. The van der Waals surface area contributed by atoms with Gasteiger partial charge in [-0.3, -0.25) is 0 Å². The molecule has 0 aliphatic heterocycles. The Morgan fingerprint density at radius 3 is 2.82 bits per heavy atom. The van der Waals surface area contributed by atoms with Gasteiger partial charge in [0.25, 0.3) is 5.89 Å². The molecule has 1 aromatic carbocycles. The summed E-state index contributed by atoms with van der Waals surface area (Å²) in [6, 6.07) is 6.05. The predicted molar refractivity (Wildman–Crippen MR) is 66.7 cm³/mol. The highest BCUT2D eigenvalue weighted by molar-refractivity contribution is 5.60. The van der Waals surface area contributed by atoms with E-state index in [9.17, 15) is 0 Å². The van der Waals surface area contributed by atoms with Gasteiger partial charge in [-0.05, 0) is 31.0 Å². The third-order valence-corrected chi connectivity index (χ3v) is 3.07. The molecule has 1 heterocycles. The summed E-state index contributed by atoms with van der Waals surface area (Å²) in [6.07, 6.45) is 0. The first-order valence-electron chi connectivity index (χ1n) is 5.73. The van der Waals surface area contributed by atoms with E-state index in [1.807, 2.05) is 19.1 Å². The number of benzene rings is 1. The first-order valence-corrected chi connectivity index (χ1v) is 5.73. The van der Waals surface area contributed by atoms with Crippen molar-refractivity contribution in [1.29, 1.82) is 0 Å². The van der Waals surface area contributed by atoms with Crippen molar-refractivity contribution in [2.45, 2.75) is 26.7 Å². The minimum atomic E-state index is 0.123. The van der Waals surface area contributed by atoms with Crippen LogP contribution in [0.3, 0.4) is 0 Å². The number of hydrogen-bond donors (Lipinski definition) is 1. The van der Waals surface area contributed by atoms with Crippen LogP contribution in [0.5, 0.6) is 0 Å². The molecular weight excluding hydrogens is 214 g/mol. The van der Waals surface area contributed by atoms with Crippen LogP contribution in [-0.4, -0.2) is 16.7 Å². The first kappa shape index (κ1) is 11.8. The first-order chi connectivity index (χ1) is 8.13. The molecule has 0 radical (unpaired) electrons. The van der Waals surface area contributed by atoms with E-state index < -0.39 is 0 Å². The van der Waals surface area contributed by atoms with Gasteiger partial charge < -0.3 is 10.3 Å². The molecule has 2 aromatic rings. The predicted octanol–water partition coefficient (Wildman–Crippen LogP) is 2.42. The van der Waals surface area contributed by atoms with E-state index in [-0.39, 0.29) is 5.92 Å². The lowest BCUT2D eigenvalue weighted by Crippen LogP contribution is -2.10. The smallest absolute Gasteiger partial charge is 0.258 e. The van der Waals surface area contributed by atoms with Gasteiger partial charge in [-0.15, -0.1) is 0 Å². The molecule has 4 nitrogen and oxygen atoms in total. The Morgan fingerprint density at radius 2 is 2.12 bits per heavy atom. The monoisotopic (exact) mass is 231 g/mol. The Hall–Kier alpha value is -1.68. The summed E-state index contributed by atoms with van der Waals surface area (Å²) in [4.78, 5) is 4.40. The third-order valence-electron chi connectivity index (χ3n) is 3.07. The molecule has 0 aliphatic rings.